The first-order valence-electron chi connectivity index (χ1n) is 11.1. The van der Waals surface area contributed by atoms with Gasteiger partial charge in [0.1, 0.15) is 12.6 Å². The predicted molar refractivity (Wildman–Crippen MR) is 120 cm³/mol. The fourth-order valence-corrected chi connectivity index (χ4v) is 3.61. The Kier molecular flexibility index (Phi) is 19.5. The summed E-state index contributed by atoms with van der Waals surface area (Å²) in [5.74, 6) is -1.30. The molecule has 0 aromatic rings. The van der Waals surface area contributed by atoms with E-state index in [1.165, 1.54) is 57.4 Å². The maximum Gasteiger partial charge on any atom is 0.270 e. The van der Waals surface area contributed by atoms with Crippen molar-refractivity contribution in [2.45, 2.75) is 83.7 Å². The maximum atomic E-state index is 11.2. The van der Waals surface area contributed by atoms with Crippen LogP contribution in [0.15, 0.2) is 12.7 Å². The molecule has 0 rings (SSSR count). The third kappa shape index (κ3) is 27.0. The molecule has 0 heterocycles. The molecule has 0 aromatic carbocycles. The van der Waals surface area contributed by atoms with E-state index in [9.17, 15) is 18.3 Å². The molecule has 8 heteroatoms. The number of quaternary nitrogens is 1. The molecule has 0 aliphatic carbocycles. The van der Waals surface area contributed by atoms with E-state index in [1.807, 2.05) is 21.1 Å². The molecule has 180 valence electrons. The monoisotopic (exact) mass is 451 g/mol. The van der Waals surface area contributed by atoms with E-state index in [4.69, 9.17) is 9.29 Å². The number of carbonyl (C=O) groups excluding carboxylic acids is 1. The zero-order valence-corrected chi connectivity index (χ0v) is 20.4. The number of carbonyl (C=O) groups is 1. The van der Waals surface area contributed by atoms with E-state index in [-0.39, 0.29) is 12.2 Å². The lowest BCUT2D eigenvalue weighted by atomic mass is 10.1. The first-order chi connectivity index (χ1) is 13.9. The molecule has 0 saturated heterocycles. The van der Waals surface area contributed by atoms with Gasteiger partial charge in [0.2, 0.25) is 0 Å². The molecular weight excluding hydrogens is 406 g/mol. The highest BCUT2D eigenvalue weighted by molar-refractivity contribution is 7.86. The summed E-state index contributed by atoms with van der Waals surface area (Å²) in [6.45, 7) is 6.36. The Balaban J connectivity index is 0. The minimum absolute atomic E-state index is 0.0925. The van der Waals surface area contributed by atoms with E-state index < -0.39 is 22.2 Å². The van der Waals surface area contributed by atoms with Crippen LogP contribution < -0.4 is 5.11 Å². The summed E-state index contributed by atoms with van der Waals surface area (Å²) >= 11 is 0. The van der Waals surface area contributed by atoms with Crippen LogP contribution in [0.2, 0.25) is 0 Å². The molecule has 0 bridgehead atoms. The zero-order valence-electron chi connectivity index (χ0n) is 19.6. The Morgan fingerprint density at radius 3 is 1.90 bits per heavy atom. The van der Waals surface area contributed by atoms with E-state index in [0.717, 1.165) is 12.8 Å². The molecule has 0 aliphatic heterocycles. The van der Waals surface area contributed by atoms with Gasteiger partial charge in [0.05, 0.1) is 33.5 Å². The fraction of sp³-hybridized carbons (Fsp3) is 0.864. The first-order valence-corrected chi connectivity index (χ1v) is 12.7. The van der Waals surface area contributed by atoms with Crippen molar-refractivity contribution in [3.8, 4) is 0 Å². The van der Waals surface area contributed by atoms with Crippen LogP contribution in [0, 0.1) is 0 Å². The minimum atomic E-state index is -3.36. The van der Waals surface area contributed by atoms with Gasteiger partial charge in [-0.2, -0.15) is 8.42 Å². The van der Waals surface area contributed by atoms with Crippen molar-refractivity contribution in [2.75, 3.05) is 40.0 Å². The van der Waals surface area contributed by atoms with Gasteiger partial charge < -0.3 is 19.5 Å². The van der Waals surface area contributed by atoms with Crippen LogP contribution in [0.5, 0.6) is 0 Å². The van der Waals surface area contributed by atoms with Crippen molar-refractivity contribution < 1.29 is 32.1 Å². The third-order valence-corrected chi connectivity index (χ3v) is 5.41. The van der Waals surface area contributed by atoms with Crippen LogP contribution in [0.25, 0.3) is 0 Å². The zero-order chi connectivity index (χ0) is 23.5. The smallest absolute Gasteiger partial charge is 0.270 e. The third-order valence-electron chi connectivity index (χ3n) is 4.24. The highest BCUT2D eigenvalue weighted by Crippen LogP contribution is 2.10. The molecule has 0 saturated carbocycles. The second-order valence-corrected chi connectivity index (χ2v) is 10.4. The van der Waals surface area contributed by atoms with Gasteiger partial charge >= 0.3 is 0 Å². The number of rotatable bonds is 18. The normalized spacial score (nSPS) is 12.7. The summed E-state index contributed by atoms with van der Waals surface area (Å²) in [5, 5.41) is 19.1. The number of carboxylic acids is 1. The molecule has 0 amide bonds. The molecule has 1 N–H and O–H groups in total. The van der Waals surface area contributed by atoms with Gasteiger partial charge in [-0.3, -0.25) is 4.18 Å². The Hall–Kier alpha value is -0.960. The van der Waals surface area contributed by atoms with Crippen LogP contribution in [0.3, 0.4) is 0 Å². The van der Waals surface area contributed by atoms with Crippen molar-refractivity contribution in [1.82, 2.24) is 0 Å². The molecule has 0 aliphatic rings. The first kappa shape index (κ1) is 31.2. The van der Waals surface area contributed by atoms with E-state index in [0.29, 0.717) is 17.6 Å². The summed E-state index contributed by atoms with van der Waals surface area (Å²) in [6.07, 6.45) is 12.6. The van der Waals surface area contributed by atoms with E-state index >= 15 is 0 Å². The molecular formula is C22H45NO6S. The Bertz CT molecular complexity index is 528. The van der Waals surface area contributed by atoms with Gasteiger partial charge in [-0.05, 0) is 6.42 Å². The topological polar surface area (TPSA) is 104 Å². The van der Waals surface area contributed by atoms with Gasteiger partial charge in [-0.15, -0.1) is 6.58 Å². The molecule has 0 fully saturated rings. The summed E-state index contributed by atoms with van der Waals surface area (Å²) in [4.78, 5) is 10.0. The lowest BCUT2D eigenvalue weighted by Crippen LogP contribution is -2.43. The van der Waals surface area contributed by atoms with Crippen molar-refractivity contribution in [1.29, 1.82) is 0 Å². The average Bonchev–Trinajstić information content (AvgIpc) is 2.57. The van der Waals surface area contributed by atoms with Crippen molar-refractivity contribution in [3.63, 3.8) is 0 Å². The SMILES string of the molecule is C=CCS(=O)(=O)OCCCCCCCCCCCC.C[N+](C)(C)CC(O)CC(=O)[O-]. The predicted octanol–water partition coefficient (Wildman–Crippen LogP) is 2.63. The van der Waals surface area contributed by atoms with Crippen molar-refractivity contribution in [2.24, 2.45) is 0 Å². The largest absolute Gasteiger partial charge is 0.550 e. The Morgan fingerprint density at radius 1 is 1.03 bits per heavy atom. The number of hydrogen-bond acceptors (Lipinski definition) is 6. The average molecular weight is 452 g/mol. The van der Waals surface area contributed by atoms with Crippen LogP contribution >= 0.6 is 0 Å². The van der Waals surface area contributed by atoms with E-state index in [2.05, 4.69) is 13.5 Å². The number of aliphatic hydroxyl groups excluding tert-OH is 1. The highest BCUT2D eigenvalue weighted by atomic mass is 32.2. The Labute approximate surface area is 184 Å². The summed E-state index contributed by atoms with van der Waals surface area (Å²) in [5.41, 5.74) is 0. The lowest BCUT2D eigenvalue weighted by molar-refractivity contribution is -0.873. The molecule has 7 nitrogen and oxygen atoms in total. The van der Waals surface area contributed by atoms with Gasteiger partial charge in [0.25, 0.3) is 10.1 Å². The second-order valence-electron chi connectivity index (χ2n) is 8.72. The van der Waals surface area contributed by atoms with Crippen LogP contribution in [-0.4, -0.2) is 70.1 Å². The number of unbranched alkanes of at least 4 members (excludes halogenated alkanes) is 9. The Morgan fingerprint density at radius 2 is 1.50 bits per heavy atom. The van der Waals surface area contributed by atoms with Crippen LogP contribution in [-0.2, 0) is 19.1 Å². The van der Waals surface area contributed by atoms with Crippen LogP contribution in [0.1, 0.15) is 77.6 Å². The summed E-state index contributed by atoms with van der Waals surface area (Å²) in [7, 11) is 2.30. The number of nitrogens with zero attached hydrogens (tertiary/aromatic N) is 1. The van der Waals surface area contributed by atoms with Gasteiger partial charge in [-0.25, -0.2) is 0 Å². The maximum absolute atomic E-state index is 11.2. The van der Waals surface area contributed by atoms with Crippen LogP contribution in [0.4, 0.5) is 0 Å². The molecule has 30 heavy (non-hydrogen) atoms. The quantitative estimate of drug-likeness (QED) is 0.149. The summed E-state index contributed by atoms with van der Waals surface area (Å²) < 4.78 is 27.8. The van der Waals surface area contributed by atoms with Crippen molar-refractivity contribution in [3.05, 3.63) is 12.7 Å². The number of hydrogen-bond donors (Lipinski definition) is 1. The van der Waals surface area contributed by atoms with Gasteiger partial charge in [0, 0.05) is 12.4 Å². The molecule has 1 atom stereocenters. The molecule has 0 spiro atoms. The van der Waals surface area contributed by atoms with Gasteiger partial charge in [-0.1, -0.05) is 70.8 Å². The number of carboxylic acid groups (broad SMARTS) is 1. The number of aliphatic hydroxyl groups is 1. The molecule has 0 radical (unpaired) electrons. The number of likely N-dealkylation sites (N-methyl/N-ethyl adjacent to an activating group) is 1. The minimum Gasteiger partial charge on any atom is -0.550 e. The molecule has 0 aromatic heterocycles. The second kappa shape index (κ2) is 18.8. The lowest BCUT2D eigenvalue weighted by Gasteiger charge is -2.26. The summed E-state index contributed by atoms with van der Waals surface area (Å²) in [6, 6.07) is 0. The number of aliphatic carboxylic acids is 1. The standard InChI is InChI=1S/C15H30O3S.C7H15NO3/c1-3-5-6-7-8-9-10-11-12-13-14-18-19(16,17)15-4-2;1-8(2,3)5-6(9)4-7(10)11/h4H,2-3,5-15H2,1H3;6,9H,4-5H2,1-3H3. The van der Waals surface area contributed by atoms with Gasteiger partial charge in [0.15, 0.2) is 0 Å². The van der Waals surface area contributed by atoms with E-state index in [1.54, 1.807) is 0 Å². The highest BCUT2D eigenvalue weighted by Gasteiger charge is 2.14. The fourth-order valence-electron chi connectivity index (χ4n) is 2.86. The molecule has 1 unspecified atom stereocenters. The van der Waals surface area contributed by atoms with Crippen molar-refractivity contribution >= 4 is 16.1 Å².